The highest BCUT2D eigenvalue weighted by Crippen LogP contribution is 2.23. The van der Waals surface area contributed by atoms with Gasteiger partial charge in [-0.3, -0.25) is 5.41 Å². The Bertz CT molecular complexity index is 597. The average molecular weight is 295 g/mol. The van der Waals surface area contributed by atoms with E-state index < -0.39 is 0 Å². The van der Waals surface area contributed by atoms with E-state index in [4.69, 9.17) is 39.1 Å². The molecular weight excluding hydrogens is 283 g/mol. The summed E-state index contributed by atoms with van der Waals surface area (Å²) in [5.74, 6) is 0.743. The summed E-state index contributed by atoms with van der Waals surface area (Å²) in [6.07, 6.45) is 0. The normalized spacial score (nSPS) is 10.2. The summed E-state index contributed by atoms with van der Waals surface area (Å²) in [5.41, 5.74) is 6.98. The number of ether oxygens (including phenoxy) is 1. The molecule has 19 heavy (non-hydrogen) atoms. The minimum atomic E-state index is 0.0380. The third-order valence-corrected chi connectivity index (χ3v) is 3.29. The topological polar surface area (TPSA) is 59.1 Å². The number of halogens is 2. The van der Waals surface area contributed by atoms with Crippen LogP contribution < -0.4 is 10.5 Å². The molecule has 98 valence electrons. The fourth-order valence-corrected chi connectivity index (χ4v) is 1.85. The van der Waals surface area contributed by atoms with E-state index in [1.807, 2.05) is 6.07 Å². The molecule has 0 saturated carbocycles. The molecule has 2 rings (SSSR count). The maximum Gasteiger partial charge on any atom is 0.122 e. The van der Waals surface area contributed by atoms with E-state index in [2.05, 4.69) is 0 Å². The van der Waals surface area contributed by atoms with Crippen molar-refractivity contribution in [1.82, 2.24) is 0 Å². The minimum absolute atomic E-state index is 0.0380. The van der Waals surface area contributed by atoms with Crippen LogP contribution in [0.25, 0.3) is 0 Å². The smallest absolute Gasteiger partial charge is 0.122 e. The Hall–Kier alpha value is -1.71. The lowest BCUT2D eigenvalue weighted by Crippen LogP contribution is -2.10. The van der Waals surface area contributed by atoms with Crippen LogP contribution >= 0.6 is 23.2 Å². The Morgan fingerprint density at radius 1 is 1.05 bits per heavy atom. The summed E-state index contributed by atoms with van der Waals surface area (Å²) in [6.45, 7) is 0.399. The number of hydrogen-bond donors (Lipinski definition) is 2. The van der Waals surface area contributed by atoms with Crippen molar-refractivity contribution < 1.29 is 4.74 Å². The first-order valence-corrected chi connectivity index (χ1v) is 6.33. The minimum Gasteiger partial charge on any atom is -0.489 e. The van der Waals surface area contributed by atoms with Crippen molar-refractivity contribution in [1.29, 1.82) is 5.41 Å². The van der Waals surface area contributed by atoms with Gasteiger partial charge in [0.15, 0.2) is 0 Å². The quantitative estimate of drug-likeness (QED) is 0.664. The van der Waals surface area contributed by atoms with Crippen LogP contribution in [0, 0.1) is 5.41 Å². The summed E-state index contributed by atoms with van der Waals surface area (Å²) in [4.78, 5) is 0. The van der Waals surface area contributed by atoms with Gasteiger partial charge in [-0.15, -0.1) is 0 Å². The zero-order chi connectivity index (χ0) is 13.8. The van der Waals surface area contributed by atoms with Crippen LogP contribution in [0.3, 0.4) is 0 Å². The zero-order valence-corrected chi connectivity index (χ0v) is 11.5. The molecule has 0 atom stereocenters. The van der Waals surface area contributed by atoms with Crippen molar-refractivity contribution in [3.63, 3.8) is 0 Å². The lowest BCUT2D eigenvalue weighted by Gasteiger charge is -2.07. The van der Waals surface area contributed by atoms with Gasteiger partial charge in [-0.25, -0.2) is 0 Å². The molecule has 0 bridgehead atoms. The van der Waals surface area contributed by atoms with E-state index in [1.165, 1.54) is 0 Å². The molecular formula is C14H12Cl2N2O. The van der Waals surface area contributed by atoms with Crippen LogP contribution in [0.4, 0.5) is 0 Å². The standard InChI is InChI=1S/C14H12Cl2N2O/c15-12-6-1-9(7-13(12)16)8-19-11-4-2-10(3-5-11)14(17)18/h1-7H,8H2,(H3,17,18). The van der Waals surface area contributed by atoms with Crippen molar-refractivity contribution in [2.24, 2.45) is 5.73 Å². The summed E-state index contributed by atoms with van der Waals surface area (Å²) < 4.78 is 5.61. The van der Waals surface area contributed by atoms with Gasteiger partial charge in [0, 0.05) is 5.56 Å². The second-order valence-electron chi connectivity index (χ2n) is 3.98. The fourth-order valence-electron chi connectivity index (χ4n) is 1.53. The molecule has 0 fully saturated rings. The maximum atomic E-state index is 7.30. The van der Waals surface area contributed by atoms with Crippen LogP contribution in [-0.2, 0) is 6.61 Å². The molecule has 2 aromatic rings. The number of amidine groups is 1. The Morgan fingerprint density at radius 2 is 1.74 bits per heavy atom. The third-order valence-electron chi connectivity index (χ3n) is 2.55. The fraction of sp³-hybridized carbons (Fsp3) is 0.0714. The molecule has 0 aliphatic rings. The lowest BCUT2D eigenvalue weighted by molar-refractivity contribution is 0.306. The molecule has 3 N–H and O–H groups in total. The van der Waals surface area contributed by atoms with E-state index >= 15 is 0 Å². The highest BCUT2D eigenvalue weighted by atomic mass is 35.5. The molecule has 0 spiro atoms. The number of hydrogen-bond acceptors (Lipinski definition) is 2. The molecule has 0 aromatic heterocycles. The Balaban J connectivity index is 2.01. The Kier molecular flexibility index (Phi) is 4.30. The van der Waals surface area contributed by atoms with Crippen molar-refractivity contribution in [2.75, 3.05) is 0 Å². The van der Waals surface area contributed by atoms with Crippen LogP contribution in [0.1, 0.15) is 11.1 Å². The Morgan fingerprint density at radius 3 is 2.32 bits per heavy atom. The monoisotopic (exact) mass is 294 g/mol. The van der Waals surface area contributed by atoms with Crippen molar-refractivity contribution in [3.05, 3.63) is 63.6 Å². The van der Waals surface area contributed by atoms with E-state index in [0.717, 1.165) is 5.56 Å². The number of benzene rings is 2. The number of rotatable bonds is 4. The molecule has 0 heterocycles. The van der Waals surface area contributed by atoms with Gasteiger partial charge in [0.2, 0.25) is 0 Å². The van der Waals surface area contributed by atoms with Crippen LogP contribution in [-0.4, -0.2) is 5.84 Å². The average Bonchev–Trinajstić information content (AvgIpc) is 2.40. The van der Waals surface area contributed by atoms with Crippen molar-refractivity contribution in [2.45, 2.75) is 6.61 Å². The van der Waals surface area contributed by atoms with Gasteiger partial charge in [0.1, 0.15) is 18.2 Å². The second-order valence-corrected chi connectivity index (χ2v) is 4.79. The molecule has 0 saturated heterocycles. The van der Waals surface area contributed by atoms with Crippen LogP contribution in [0.15, 0.2) is 42.5 Å². The number of nitrogens with two attached hydrogens (primary N) is 1. The van der Waals surface area contributed by atoms with E-state index in [0.29, 0.717) is 28.0 Å². The lowest BCUT2D eigenvalue weighted by atomic mass is 10.2. The molecule has 0 amide bonds. The predicted molar refractivity (Wildman–Crippen MR) is 78.3 cm³/mol. The van der Waals surface area contributed by atoms with E-state index in [9.17, 15) is 0 Å². The molecule has 5 heteroatoms. The summed E-state index contributed by atoms with van der Waals surface area (Å²) >= 11 is 11.8. The molecule has 0 unspecified atom stereocenters. The van der Waals surface area contributed by atoms with Gasteiger partial charge < -0.3 is 10.5 Å². The first-order chi connectivity index (χ1) is 9.06. The van der Waals surface area contributed by atoms with E-state index in [-0.39, 0.29) is 5.84 Å². The first-order valence-electron chi connectivity index (χ1n) is 5.57. The first kappa shape index (κ1) is 13.7. The van der Waals surface area contributed by atoms with Gasteiger partial charge in [-0.1, -0.05) is 29.3 Å². The molecule has 0 radical (unpaired) electrons. The van der Waals surface area contributed by atoms with Gasteiger partial charge in [-0.05, 0) is 42.0 Å². The van der Waals surface area contributed by atoms with Crippen LogP contribution in [0.5, 0.6) is 5.75 Å². The van der Waals surface area contributed by atoms with Gasteiger partial charge in [-0.2, -0.15) is 0 Å². The summed E-state index contributed by atoms with van der Waals surface area (Å²) in [7, 11) is 0. The predicted octanol–water partition coefficient (Wildman–Crippen LogP) is 3.86. The van der Waals surface area contributed by atoms with E-state index in [1.54, 1.807) is 36.4 Å². The van der Waals surface area contributed by atoms with Gasteiger partial charge in [0.25, 0.3) is 0 Å². The van der Waals surface area contributed by atoms with Gasteiger partial charge >= 0.3 is 0 Å². The van der Waals surface area contributed by atoms with Crippen molar-refractivity contribution in [3.8, 4) is 5.75 Å². The molecule has 2 aromatic carbocycles. The van der Waals surface area contributed by atoms with Crippen LogP contribution in [0.2, 0.25) is 10.0 Å². The number of nitrogens with one attached hydrogen (secondary N) is 1. The molecule has 3 nitrogen and oxygen atoms in total. The van der Waals surface area contributed by atoms with Crippen molar-refractivity contribution >= 4 is 29.0 Å². The summed E-state index contributed by atoms with van der Waals surface area (Å²) in [5, 5.41) is 8.33. The highest BCUT2D eigenvalue weighted by molar-refractivity contribution is 6.42. The highest BCUT2D eigenvalue weighted by Gasteiger charge is 2.01. The molecule has 0 aliphatic heterocycles. The largest absolute Gasteiger partial charge is 0.489 e. The second kappa shape index (κ2) is 5.95. The maximum absolute atomic E-state index is 7.30. The number of nitrogen functional groups attached to an aromatic ring is 1. The van der Waals surface area contributed by atoms with Gasteiger partial charge in [0.05, 0.1) is 10.0 Å². The zero-order valence-electron chi connectivity index (χ0n) is 9.99. The Labute approximate surface area is 121 Å². The molecule has 0 aliphatic carbocycles. The summed E-state index contributed by atoms with van der Waals surface area (Å²) in [6, 6.07) is 12.4. The SMILES string of the molecule is N=C(N)c1ccc(OCc2ccc(Cl)c(Cl)c2)cc1. The third kappa shape index (κ3) is 3.63.